The number of hydrogen-bond acceptors (Lipinski definition) is 15. The molecule has 0 radical (unpaired) electrons. The number of rotatable bonds is 23. The van der Waals surface area contributed by atoms with Crippen molar-refractivity contribution in [3.63, 3.8) is 0 Å². The molecule has 3 N–H and O–H groups in total. The van der Waals surface area contributed by atoms with Gasteiger partial charge in [0.1, 0.15) is 35.6 Å². The number of fused-ring (bicyclic) bond motifs is 5. The maximum absolute atomic E-state index is 15.7. The van der Waals surface area contributed by atoms with E-state index in [0.29, 0.717) is 12.0 Å². The van der Waals surface area contributed by atoms with Crippen LogP contribution in [0.1, 0.15) is 148 Å². The molecule has 12 atom stereocenters. The lowest BCUT2D eigenvalue weighted by Crippen LogP contribution is -2.83. The van der Waals surface area contributed by atoms with Gasteiger partial charge in [-0.2, -0.15) is 0 Å². The smallest absolute Gasteiger partial charge is 0.408 e. The zero-order chi connectivity index (χ0) is 59.2. The molecule has 1 amide bonds. The highest BCUT2D eigenvalue weighted by Crippen LogP contribution is 2.65. The first-order chi connectivity index (χ1) is 38.4. The molecule has 438 valence electrons. The second-order valence-electron chi connectivity index (χ2n) is 23.3. The maximum Gasteiger partial charge on any atom is 0.408 e. The molecule has 2 aromatic carbocycles. The van der Waals surface area contributed by atoms with Gasteiger partial charge in [-0.25, -0.2) is 14.4 Å². The van der Waals surface area contributed by atoms with E-state index in [9.17, 15) is 34.2 Å². The van der Waals surface area contributed by atoms with Crippen molar-refractivity contribution in [2.75, 3.05) is 6.61 Å². The summed E-state index contributed by atoms with van der Waals surface area (Å²) in [5.74, 6) is -9.92. The van der Waals surface area contributed by atoms with Crippen molar-refractivity contribution in [2.24, 2.45) is 28.6 Å². The first-order valence-electron chi connectivity index (χ1n) is 28.3. The number of alkyl carbamates (subject to hydrolysis) is 1. The fraction of sp³-hybridized carbons (Fsp3) is 0.523. The Morgan fingerprint density at radius 1 is 0.778 bits per heavy atom. The first kappa shape index (κ1) is 63.4. The summed E-state index contributed by atoms with van der Waals surface area (Å²) in [6, 6.07) is 14.6. The van der Waals surface area contributed by atoms with Gasteiger partial charge in [-0.15, -0.1) is 0 Å². The quantitative estimate of drug-likeness (QED) is 0.0407. The van der Waals surface area contributed by atoms with Gasteiger partial charge < -0.3 is 44.0 Å². The van der Waals surface area contributed by atoms with Crippen LogP contribution in [0.25, 0.3) is 0 Å². The number of ketones is 2. The zero-order valence-electron chi connectivity index (χ0n) is 48.4. The molecular weight excluding hydrogens is 1030 g/mol. The van der Waals surface area contributed by atoms with E-state index in [1.165, 1.54) is 19.1 Å². The minimum Gasteiger partial charge on any atom is -0.461 e. The molecule has 4 fully saturated rings. The van der Waals surface area contributed by atoms with Gasteiger partial charge in [0, 0.05) is 43.4 Å². The van der Waals surface area contributed by atoms with Crippen molar-refractivity contribution in [1.29, 1.82) is 0 Å². The summed E-state index contributed by atoms with van der Waals surface area (Å²) < 4.78 is 36.7. The highest BCUT2D eigenvalue weighted by atomic mass is 16.6. The van der Waals surface area contributed by atoms with E-state index < -0.39 is 130 Å². The molecule has 2 aromatic rings. The molecule has 3 aliphatic carbocycles. The number of carbonyl (C=O) groups is 7. The molecule has 1 aliphatic heterocycles. The minimum atomic E-state index is -2.43. The van der Waals surface area contributed by atoms with Crippen molar-refractivity contribution in [3.05, 3.63) is 145 Å². The largest absolute Gasteiger partial charge is 0.461 e. The lowest BCUT2D eigenvalue weighted by Gasteiger charge is -2.68. The van der Waals surface area contributed by atoms with Crippen LogP contribution in [0.15, 0.2) is 134 Å². The van der Waals surface area contributed by atoms with E-state index in [1.807, 2.05) is 18.2 Å². The molecule has 4 unspecified atom stereocenters. The Kier molecular flexibility index (Phi) is 21.8. The topological polar surface area (TPSA) is 227 Å². The Labute approximate surface area is 477 Å². The Morgan fingerprint density at radius 3 is 1.84 bits per heavy atom. The third-order valence-corrected chi connectivity index (χ3v) is 16.2. The van der Waals surface area contributed by atoms with Crippen molar-refractivity contribution in [3.8, 4) is 0 Å². The first-order valence-corrected chi connectivity index (χ1v) is 28.3. The van der Waals surface area contributed by atoms with Crippen LogP contribution < -0.4 is 5.32 Å². The van der Waals surface area contributed by atoms with Gasteiger partial charge in [-0.1, -0.05) is 149 Å². The van der Waals surface area contributed by atoms with E-state index in [4.69, 9.17) is 28.4 Å². The van der Waals surface area contributed by atoms with E-state index >= 15 is 9.59 Å². The molecule has 16 heteroatoms. The van der Waals surface area contributed by atoms with Crippen molar-refractivity contribution in [1.82, 2.24) is 5.32 Å². The highest BCUT2D eigenvalue weighted by Gasteiger charge is 2.80. The van der Waals surface area contributed by atoms with E-state index in [1.54, 1.807) is 90.1 Å². The molecule has 1 saturated heterocycles. The van der Waals surface area contributed by atoms with Crippen LogP contribution in [0.5, 0.6) is 0 Å². The van der Waals surface area contributed by atoms with Crippen LogP contribution in [0.2, 0.25) is 0 Å². The molecule has 6 rings (SSSR count). The van der Waals surface area contributed by atoms with Crippen molar-refractivity contribution >= 4 is 41.5 Å². The lowest BCUT2D eigenvalue weighted by molar-refractivity contribution is -0.350. The highest BCUT2D eigenvalue weighted by molar-refractivity contribution is 6.40. The number of Topliss-reactive ketones (excluding diaryl/α,β-unsaturated/α-hetero) is 2. The summed E-state index contributed by atoms with van der Waals surface area (Å²) in [5.41, 5.74) is -8.68. The molecule has 0 spiro atoms. The second kappa shape index (κ2) is 27.8. The summed E-state index contributed by atoms with van der Waals surface area (Å²) >= 11 is 0. The van der Waals surface area contributed by atoms with Gasteiger partial charge in [0.25, 0.3) is 0 Å². The third-order valence-electron chi connectivity index (χ3n) is 16.2. The Bertz CT molecular complexity index is 2720. The van der Waals surface area contributed by atoms with Crippen molar-refractivity contribution < 1.29 is 72.2 Å². The number of esters is 4. The Morgan fingerprint density at radius 2 is 1.32 bits per heavy atom. The van der Waals surface area contributed by atoms with Gasteiger partial charge in [0.2, 0.25) is 11.6 Å². The molecule has 3 saturated carbocycles. The van der Waals surface area contributed by atoms with Gasteiger partial charge in [-0.05, 0) is 90.3 Å². The van der Waals surface area contributed by atoms with Gasteiger partial charge in [0.15, 0.2) is 11.7 Å². The van der Waals surface area contributed by atoms with E-state index in [2.05, 4.69) is 66.9 Å². The summed E-state index contributed by atoms with van der Waals surface area (Å²) in [7, 11) is 0. The zero-order valence-corrected chi connectivity index (χ0v) is 48.4. The number of nitrogens with one attached hydrogen (secondary N) is 1. The fourth-order valence-electron chi connectivity index (χ4n) is 12.1. The Balaban J connectivity index is 1.28. The Hall–Kier alpha value is -6.75. The van der Waals surface area contributed by atoms with Crippen LogP contribution in [-0.2, 0) is 52.4 Å². The number of aliphatic hydroxyl groups excluding tert-OH is 1. The number of ether oxygens (including phenoxy) is 6. The number of amides is 1. The molecule has 81 heavy (non-hydrogen) atoms. The van der Waals surface area contributed by atoms with Crippen LogP contribution in [0.4, 0.5) is 4.79 Å². The fourth-order valence-corrected chi connectivity index (χ4v) is 12.1. The summed E-state index contributed by atoms with van der Waals surface area (Å²) in [5, 5.41) is 28.3. The van der Waals surface area contributed by atoms with Gasteiger partial charge in [-0.3, -0.25) is 19.2 Å². The monoisotopic (exact) mass is 1120 g/mol. The molecule has 0 aromatic heterocycles. The maximum atomic E-state index is 15.7. The summed E-state index contributed by atoms with van der Waals surface area (Å²) in [6.07, 6.45) is 20.7. The molecule has 2 bridgehead atoms. The number of benzene rings is 2. The predicted molar refractivity (Wildman–Crippen MR) is 304 cm³/mol. The van der Waals surface area contributed by atoms with Crippen LogP contribution in [0.3, 0.4) is 0 Å². The third kappa shape index (κ3) is 14.8. The van der Waals surface area contributed by atoms with Crippen LogP contribution >= 0.6 is 0 Å². The van der Waals surface area contributed by atoms with Crippen LogP contribution in [-0.4, -0.2) is 106 Å². The molecular formula is C65H83NO15. The normalized spacial score (nSPS) is 28.9. The van der Waals surface area contributed by atoms with E-state index in [-0.39, 0.29) is 31.4 Å². The van der Waals surface area contributed by atoms with Gasteiger partial charge >= 0.3 is 30.0 Å². The molecule has 4 aliphatic rings. The number of hydrogen-bond donors (Lipinski definition) is 3. The summed E-state index contributed by atoms with van der Waals surface area (Å²) in [4.78, 5) is 101. The molecule has 16 nitrogen and oxygen atoms in total. The SMILES string of the molecule is CCC=CCC=CCC=CCC=CCC=CCC=CCCC(=O)O[C@H]1C[C@H]2OC[C@@]2(OC(C)=O)[C@H]2[C@H](OC(=O)c3ccccc3)[C@]3(O)CC(OC(=O)[C@H](O)C(NC(=O)OC(C)(C)C)c4ccccc4)C(C)C(C(=O)C(=O)[C@]12C)C3(C)C. The number of carbonyl (C=O) groups excluding carboxylic acids is 7. The average molecular weight is 1120 g/mol. The minimum absolute atomic E-state index is 0.0532. The second-order valence-corrected chi connectivity index (χ2v) is 23.3. The number of aliphatic hydroxyl groups is 2. The van der Waals surface area contributed by atoms with Gasteiger partial charge in [0.05, 0.1) is 29.5 Å². The molecule has 1 heterocycles. The summed E-state index contributed by atoms with van der Waals surface area (Å²) in [6.45, 7) is 14.0. The van der Waals surface area contributed by atoms with E-state index in [0.717, 1.165) is 39.0 Å². The number of allylic oxidation sites excluding steroid dienone is 12. The van der Waals surface area contributed by atoms with Crippen molar-refractivity contribution in [2.45, 2.75) is 180 Å². The predicted octanol–water partition coefficient (Wildman–Crippen LogP) is 10.4. The average Bonchev–Trinajstić information content (AvgIpc) is 1.08. The van der Waals surface area contributed by atoms with Crippen LogP contribution in [0, 0.1) is 28.6 Å². The standard InChI is InChI=1S/C65H83NO15/c1-10-11-12-13-14-15-16-17-18-19-20-21-22-23-24-25-26-27-34-39-50(68)78-48-40-49-64(42-76-49,80-44(3)67)55-57(79-58(72)46-37-32-29-33-38-46)65(75)41-47(43(2)51(62(65,7)8)53(69)56(71)63(48,55)9)77-59(73)54(70)52(45-35-30-28-31-36-45)66-60(74)81-61(4,5)6/h11-12,14-15,17-18,20-21,23-24,26-33,35-38,43,47-49,51-52,54-55,57,70,75H,10,13,16,19,22,25,34,39-42H2,1-9H3,(H,66,74)/t43?,47?,48-,49+,51?,52?,54+,55-,57-,63+,64-,65+/m0/s1. The lowest BCUT2D eigenvalue weighted by atomic mass is 9.42.